The van der Waals surface area contributed by atoms with Crippen LogP contribution in [0.15, 0.2) is 48.7 Å². The van der Waals surface area contributed by atoms with E-state index in [1.54, 1.807) is 12.1 Å². The van der Waals surface area contributed by atoms with Crippen molar-refractivity contribution in [1.29, 1.82) is 0 Å². The summed E-state index contributed by atoms with van der Waals surface area (Å²) in [5.41, 5.74) is 2.99. The van der Waals surface area contributed by atoms with E-state index in [0.29, 0.717) is 18.4 Å². The lowest BCUT2D eigenvalue weighted by atomic mass is 10.1. The second kappa shape index (κ2) is 9.05. The van der Waals surface area contributed by atoms with Gasteiger partial charge in [-0.3, -0.25) is 9.59 Å². The topological polar surface area (TPSA) is 97.5 Å². The molecule has 0 atom stereocenters. The highest BCUT2D eigenvalue weighted by molar-refractivity contribution is 5.93. The van der Waals surface area contributed by atoms with Gasteiger partial charge in [-0.05, 0) is 35.7 Å². The summed E-state index contributed by atoms with van der Waals surface area (Å²) < 4.78 is 9.79. The zero-order chi connectivity index (χ0) is 20.8. The summed E-state index contributed by atoms with van der Waals surface area (Å²) in [6.07, 6.45) is 2.89. The van der Waals surface area contributed by atoms with Crippen molar-refractivity contribution in [3.63, 3.8) is 0 Å². The van der Waals surface area contributed by atoms with E-state index >= 15 is 0 Å². The van der Waals surface area contributed by atoms with E-state index in [9.17, 15) is 14.4 Å². The van der Waals surface area contributed by atoms with E-state index in [1.165, 1.54) is 20.1 Å². The van der Waals surface area contributed by atoms with Gasteiger partial charge >= 0.3 is 11.9 Å². The lowest BCUT2D eigenvalue weighted by Crippen LogP contribution is -2.23. The fourth-order valence-electron chi connectivity index (χ4n) is 3.07. The third-order valence-corrected chi connectivity index (χ3v) is 4.49. The summed E-state index contributed by atoms with van der Waals surface area (Å²) in [7, 11) is 1.25. The van der Waals surface area contributed by atoms with Crippen LogP contribution in [-0.4, -0.2) is 29.9 Å². The number of carbonyl (C=O) groups is 3. The molecule has 7 heteroatoms. The number of amides is 1. The van der Waals surface area contributed by atoms with Gasteiger partial charge in [0.25, 0.3) is 0 Å². The average molecular weight is 394 g/mol. The van der Waals surface area contributed by atoms with Crippen LogP contribution in [0.1, 0.15) is 34.8 Å². The number of methoxy groups -OCH3 is 1. The number of hydrogen-bond acceptors (Lipinski definition) is 5. The molecule has 0 aliphatic rings. The molecule has 0 saturated carbocycles. The van der Waals surface area contributed by atoms with Crippen LogP contribution in [0.25, 0.3) is 10.9 Å². The predicted octanol–water partition coefficient (Wildman–Crippen LogP) is 3.13. The first-order chi connectivity index (χ1) is 14.0. The Labute approximate surface area is 168 Å². The second-order valence-electron chi connectivity index (χ2n) is 6.55. The Morgan fingerprint density at radius 2 is 1.90 bits per heavy atom. The van der Waals surface area contributed by atoms with Gasteiger partial charge in [-0.15, -0.1) is 0 Å². The van der Waals surface area contributed by atoms with Crippen molar-refractivity contribution in [3.8, 4) is 5.75 Å². The highest BCUT2D eigenvalue weighted by Crippen LogP contribution is 2.22. The number of nitrogens with one attached hydrogen (secondary N) is 2. The Hall–Kier alpha value is -3.61. The van der Waals surface area contributed by atoms with Crippen LogP contribution in [0, 0.1) is 0 Å². The average Bonchev–Trinajstić information content (AvgIpc) is 3.13. The number of para-hydroxylation sites is 1. The third-order valence-electron chi connectivity index (χ3n) is 4.49. The molecule has 150 valence electrons. The van der Waals surface area contributed by atoms with Gasteiger partial charge in [-0.25, -0.2) is 4.79 Å². The van der Waals surface area contributed by atoms with Gasteiger partial charge in [-0.1, -0.05) is 24.3 Å². The van der Waals surface area contributed by atoms with Crippen molar-refractivity contribution in [2.45, 2.75) is 26.3 Å². The molecule has 1 aromatic heterocycles. The molecular formula is C22H22N2O5. The molecule has 0 saturated heterocycles. The van der Waals surface area contributed by atoms with Crippen molar-refractivity contribution >= 4 is 28.7 Å². The number of carbonyl (C=O) groups excluding carboxylic acids is 3. The molecule has 0 aliphatic carbocycles. The van der Waals surface area contributed by atoms with Gasteiger partial charge in [-0.2, -0.15) is 0 Å². The van der Waals surface area contributed by atoms with Gasteiger partial charge in [0.2, 0.25) is 5.91 Å². The maximum absolute atomic E-state index is 12.3. The number of fused-ring (bicyclic) bond motifs is 1. The number of hydrogen-bond donors (Lipinski definition) is 2. The minimum absolute atomic E-state index is 0.0960. The fraction of sp³-hybridized carbons (Fsp3) is 0.227. The molecule has 0 spiro atoms. The molecule has 0 radical (unpaired) electrons. The van der Waals surface area contributed by atoms with E-state index in [-0.39, 0.29) is 23.8 Å². The summed E-state index contributed by atoms with van der Waals surface area (Å²) in [5.74, 6) is -1.14. The molecule has 0 unspecified atom stereocenters. The van der Waals surface area contributed by atoms with Crippen LogP contribution in [0.2, 0.25) is 0 Å². The summed E-state index contributed by atoms with van der Waals surface area (Å²) in [4.78, 5) is 38.5. The standard InChI is InChI=1S/C22H22N2O5/c1-14(25)29-20-11-15(7-9-18(20)22(27)28-2)12-24-21(26)10-8-16-13-23-19-6-4-3-5-17(16)19/h3-7,9,11,13,23H,8,10,12H2,1-2H3,(H,24,26). The minimum atomic E-state index is -0.601. The molecule has 3 aromatic rings. The summed E-state index contributed by atoms with van der Waals surface area (Å²) in [5, 5.41) is 3.96. The molecule has 1 heterocycles. The number of ether oxygens (including phenoxy) is 2. The molecule has 2 aromatic carbocycles. The van der Waals surface area contributed by atoms with E-state index in [2.05, 4.69) is 10.3 Å². The monoisotopic (exact) mass is 394 g/mol. The lowest BCUT2D eigenvalue weighted by molar-refractivity contribution is -0.132. The van der Waals surface area contributed by atoms with Crippen molar-refractivity contribution in [2.24, 2.45) is 0 Å². The SMILES string of the molecule is COC(=O)c1ccc(CNC(=O)CCc2c[nH]c3ccccc23)cc1OC(C)=O. The fourth-order valence-corrected chi connectivity index (χ4v) is 3.07. The van der Waals surface area contributed by atoms with Crippen LogP contribution < -0.4 is 10.1 Å². The molecule has 7 nitrogen and oxygen atoms in total. The van der Waals surface area contributed by atoms with Crippen LogP contribution in [0.3, 0.4) is 0 Å². The van der Waals surface area contributed by atoms with Crippen LogP contribution in [0.5, 0.6) is 5.75 Å². The number of aromatic amines is 1. The Kier molecular flexibility index (Phi) is 6.29. The van der Waals surface area contributed by atoms with E-state index < -0.39 is 11.9 Å². The lowest BCUT2D eigenvalue weighted by Gasteiger charge is -2.11. The van der Waals surface area contributed by atoms with Gasteiger partial charge in [0, 0.05) is 37.0 Å². The first-order valence-electron chi connectivity index (χ1n) is 9.19. The van der Waals surface area contributed by atoms with Gasteiger partial charge in [0.15, 0.2) is 0 Å². The van der Waals surface area contributed by atoms with Crippen LogP contribution >= 0.6 is 0 Å². The normalized spacial score (nSPS) is 10.6. The Balaban J connectivity index is 1.60. The third kappa shape index (κ3) is 5.01. The van der Waals surface area contributed by atoms with E-state index in [1.807, 2.05) is 30.5 Å². The summed E-state index contributed by atoms with van der Waals surface area (Å²) >= 11 is 0. The molecule has 29 heavy (non-hydrogen) atoms. The Bertz CT molecular complexity index is 1050. The van der Waals surface area contributed by atoms with E-state index in [0.717, 1.165) is 16.5 Å². The zero-order valence-electron chi connectivity index (χ0n) is 16.3. The Morgan fingerprint density at radius 3 is 2.66 bits per heavy atom. The minimum Gasteiger partial charge on any atom is -0.465 e. The highest BCUT2D eigenvalue weighted by Gasteiger charge is 2.16. The quantitative estimate of drug-likeness (QED) is 0.474. The number of H-pyrrole nitrogens is 1. The van der Waals surface area contributed by atoms with Crippen molar-refractivity contribution < 1.29 is 23.9 Å². The summed E-state index contributed by atoms with van der Waals surface area (Å²) in [6.45, 7) is 1.50. The smallest absolute Gasteiger partial charge is 0.341 e. The summed E-state index contributed by atoms with van der Waals surface area (Å²) in [6, 6.07) is 12.7. The van der Waals surface area contributed by atoms with Gasteiger partial charge in [0.1, 0.15) is 11.3 Å². The Morgan fingerprint density at radius 1 is 1.10 bits per heavy atom. The number of rotatable bonds is 7. The van der Waals surface area contributed by atoms with Gasteiger partial charge < -0.3 is 19.8 Å². The molecule has 2 N–H and O–H groups in total. The van der Waals surface area contributed by atoms with Crippen molar-refractivity contribution in [1.82, 2.24) is 10.3 Å². The first kappa shape index (κ1) is 20.1. The highest BCUT2D eigenvalue weighted by atomic mass is 16.5. The molecule has 3 rings (SSSR count). The predicted molar refractivity (Wildman–Crippen MR) is 108 cm³/mol. The van der Waals surface area contributed by atoms with E-state index in [4.69, 9.17) is 9.47 Å². The molecule has 0 fully saturated rings. The largest absolute Gasteiger partial charge is 0.465 e. The molecule has 1 amide bonds. The number of aromatic nitrogens is 1. The molecule has 0 aliphatic heterocycles. The van der Waals surface area contributed by atoms with Crippen LogP contribution in [0.4, 0.5) is 0 Å². The van der Waals surface area contributed by atoms with Crippen molar-refractivity contribution in [3.05, 3.63) is 65.4 Å². The number of aryl methyl sites for hydroxylation is 1. The molecule has 0 bridgehead atoms. The maximum Gasteiger partial charge on any atom is 0.341 e. The maximum atomic E-state index is 12.3. The zero-order valence-corrected chi connectivity index (χ0v) is 16.3. The second-order valence-corrected chi connectivity index (χ2v) is 6.55. The number of benzene rings is 2. The molecular weight excluding hydrogens is 372 g/mol. The first-order valence-corrected chi connectivity index (χ1v) is 9.19. The van der Waals surface area contributed by atoms with Crippen LogP contribution in [-0.2, 0) is 27.3 Å². The van der Waals surface area contributed by atoms with Gasteiger partial charge in [0.05, 0.1) is 7.11 Å². The van der Waals surface area contributed by atoms with Crippen molar-refractivity contribution in [2.75, 3.05) is 7.11 Å². The number of esters is 2.